The second kappa shape index (κ2) is 16.9. The van der Waals surface area contributed by atoms with Gasteiger partial charge in [-0.1, -0.05) is 61.5 Å². The van der Waals surface area contributed by atoms with Crippen molar-refractivity contribution >= 4 is 29.4 Å². The quantitative estimate of drug-likeness (QED) is 0.250. The summed E-state index contributed by atoms with van der Waals surface area (Å²) in [4.78, 5) is 65.4. The van der Waals surface area contributed by atoms with Crippen LogP contribution in [0.1, 0.15) is 46.9 Å². The van der Waals surface area contributed by atoms with E-state index in [1.807, 2.05) is 68.6 Å². The predicted octanol–water partition coefficient (Wildman–Crippen LogP) is 1.93. The molecule has 15 heteroatoms. The molecule has 276 valence electrons. The molecule has 4 amide bonds. The minimum absolute atomic E-state index is 0.0361. The van der Waals surface area contributed by atoms with Gasteiger partial charge in [0.25, 0.3) is 5.91 Å². The van der Waals surface area contributed by atoms with Gasteiger partial charge in [0, 0.05) is 51.1 Å². The van der Waals surface area contributed by atoms with Gasteiger partial charge in [-0.05, 0) is 42.2 Å². The van der Waals surface area contributed by atoms with Crippen molar-refractivity contribution in [1.29, 1.82) is 0 Å². The van der Waals surface area contributed by atoms with E-state index in [9.17, 15) is 19.2 Å². The standard InChI is InChI=1S/C38H44N10O5/c1-25(2)33-36(51)42-31(22-27-9-5-4-6-10-27)35(50)39-15-18-46(37(52)34-26(3)41-38-40-14-8-16-48(34)38)17-13-29-24-47(45-44-29)19-20-53-30-12-7-11-28(21-30)23-32(49)43-33/h4-12,14,16,21,24-25,31,33H,13,15,17-20,22-23H2,1-3H3,(H,39,50)(H,42,51)(H,43,49)/t31-,33+/m0/s1. The van der Waals surface area contributed by atoms with E-state index in [0.717, 1.165) is 11.1 Å². The van der Waals surface area contributed by atoms with Gasteiger partial charge in [0.2, 0.25) is 23.5 Å². The number of ether oxygens (including phenoxy) is 1. The summed E-state index contributed by atoms with van der Waals surface area (Å²) in [6.07, 6.45) is 5.83. The normalized spacial score (nSPS) is 18.2. The highest BCUT2D eigenvalue weighted by Crippen LogP contribution is 2.16. The van der Waals surface area contributed by atoms with E-state index in [-0.39, 0.29) is 50.2 Å². The highest BCUT2D eigenvalue weighted by molar-refractivity contribution is 5.95. The number of nitrogens with zero attached hydrogens (tertiary/aromatic N) is 7. The van der Waals surface area contributed by atoms with Crippen LogP contribution in [0.15, 0.2) is 79.3 Å². The summed E-state index contributed by atoms with van der Waals surface area (Å²) in [5, 5.41) is 17.3. The minimum Gasteiger partial charge on any atom is -0.492 e. The Morgan fingerprint density at radius 2 is 1.81 bits per heavy atom. The number of nitrogens with one attached hydrogen (secondary N) is 3. The molecule has 6 rings (SSSR count). The van der Waals surface area contributed by atoms with Gasteiger partial charge in [0.05, 0.1) is 24.4 Å². The maximum absolute atomic E-state index is 14.1. The third kappa shape index (κ3) is 9.41. The van der Waals surface area contributed by atoms with Gasteiger partial charge in [0.1, 0.15) is 30.1 Å². The van der Waals surface area contributed by atoms with E-state index in [2.05, 4.69) is 36.2 Å². The molecule has 1 aliphatic rings. The lowest BCUT2D eigenvalue weighted by atomic mass is 10.0. The molecule has 15 nitrogen and oxygen atoms in total. The molecule has 2 atom stereocenters. The first-order chi connectivity index (χ1) is 25.6. The van der Waals surface area contributed by atoms with Crippen molar-refractivity contribution < 1.29 is 23.9 Å². The minimum atomic E-state index is -0.954. The highest BCUT2D eigenvalue weighted by atomic mass is 16.5. The van der Waals surface area contributed by atoms with E-state index < -0.39 is 23.9 Å². The first-order valence-electron chi connectivity index (χ1n) is 17.8. The number of carbonyl (C=O) groups excluding carboxylic acids is 4. The fourth-order valence-corrected chi connectivity index (χ4v) is 6.24. The molecule has 0 radical (unpaired) electrons. The van der Waals surface area contributed by atoms with Crippen LogP contribution in [0.3, 0.4) is 0 Å². The van der Waals surface area contributed by atoms with Crippen LogP contribution >= 0.6 is 0 Å². The zero-order valence-electron chi connectivity index (χ0n) is 30.1. The number of benzene rings is 2. The van der Waals surface area contributed by atoms with Gasteiger partial charge >= 0.3 is 0 Å². The SMILES string of the molecule is Cc1nc2ncccn2c1C(=O)N1CCNC(=O)[C@H](Cc2ccccc2)NC(=O)[C@@H](C(C)C)NC(=O)Cc2cccc(c2)OCCn2cc(nn2)CC1. The molecule has 0 fully saturated rings. The number of rotatable bonds is 4. The second-order valence-corrected chi connectivity index (χ2v) is 13.4. The van der Waals surface area contributed by atoms with Crippen LogP contribution in [-0.2, 0) is 40.2 Å². The van der Waals surface area contributed by atoms with Crippen LogP contribution < -0.4 is 20.7 Å². The van der Waals surface area contributed by atoms with Crippen molar-refractivity contribution in [2.45, 2.75) is 58.7 Å². The molecule has 4 bridgehead atoms. The van der Waals surface area contributed by atoms with E-state index >= 15 is 0 Å². The van der Waals surface area contributed by atoms with Gasteiger partial charge in [-0.15, -0.1) is 5.10 Å². The molecule has 0 unspecified atom stereocenters. The lowest BCUT2D eigenvalue weighted by Gasteiger charge is -2.26. The van der Waals surface area contributed by atoms with Crippen molar-refractivity contribution in [1.82, 2.24) is 50.2 Å². The van der Waals surface area contributed by atoms with Crippen LogP contribution in [0.5, 0.6) is 5.75 Å². The van der Waals surface area contributed by atoms with Gasteiger partial charge in [-0.3, -0.25) is 23.6 Å². The summed E-state index contributed by atoms with van der Waals surface area (Å²) in [6.45, 7) is 6.72. The topological polar surface area (TPSA) is 178 Å². The number of aromatic nitrogens is 6. The molecule has 0 spiro atoms. The van der Waals surface area contributed by atoms with Crippen LogP contribution in [0.4, 0.5) is 0 Å². The van der Waals surface area contributed by atoms with Crippen LogP contribution in [0.2, 0.25) is 0 Å². The maximum atomic E-state index is 14.1. The molecular formula is C38H44N10O5. The largest absolute Gasteiger partial charge is 0.492 e. The molecule has 0 saturated heterocycles. The van der Waals surface area contributed by atoms with E-state index in [1.165, 1.54) is 0 Å². The number of imidazole rings is 1. The van der Waals surface area contributed by atoms with Crippen LogP contribution in [-0.4, -0.2) is 96.2 Å². The maximum Gasteiger partial charge on any atom is 0.272 e. The first-order valence-corrected chi connectivity index (χ1v) is 17.8. The molecule has 2 aromatic carbocycles. The predicted molar refractivity (Wildman–Crippen MR) is 195 cm³/mol. The fourth-order valence-electron chi connectivity index (χ4n) is 6.24. The molecule has 3 aromatic heterocycles. The Balaban J connectivity index is 1.28. The van der Waals surface area contributed by atoms with Crippen molar-refractivity contribution in [3.63, 3.8) is 0 Å². The monoisotopic (exact) mass is 720 g/mol. The Morgan fingerprint density at radius 3 is 2.62 bits per heavy atom. The Bertz CT molecular complexity index is 2060. The number of hydrogen-bond acceptors (Lipinski definition) is 9. The third-order valence-electron chi connectivity index (χ3n) is 9.01. The van der Waals surface area contributed by atoms with Crippen molar-refractivity contribution in [2.24, 2.45) is 5.92 Å². The summed E-state index contributed by atoms with van der Waals surface area (Å²) in [7, 11) is 0. The molecule has 3 N–H and O–H groups in total. The Kier molecular flexibility index (Phi) is 11.7. The number of hydrogen-bond donors (Lipinski definition) is 3. The Hall–Kier alpha value is -6.12. The number of fused-ring (bicyclic) bond motifs is 5. The van der Waals surface area contributed by atoms with E-state index in [1.54, 1.807) is 45.4 Å². The lowest BCUT2D eigenvalue weighted by molar-refractivity contribution is -0.132. The van der Waals surface area contributed by atoms with Gasteiger partial charge < -0.3 is 25.6 Å². The second-order valence-electron chi connectivity index (χ2n) is 13.4. The zero-order valence-corrected chi connectivity index (χ0v) is 30.1. The molecule has 5 aromatic rings. The summed E-state index contributed by atoms with van der Waals surface area (Å²) >= 11 is 0. The molecule has 53 heavy (non-hydrogen) atoms. The average Bonchev–Trinajstić information content (AvgIpc) is 3.74. The summed E-state index contributed by atoms with van der Waals surface area (Å²) in [5.41, 5.74) is 3.15. The lowest BCUT2D eigenvalue weighted by Crippen LogP contribution is -2.56. The fraction of sp³-hybridized carbons (Fsp3) is 0.368. The molecule has 0 aliphatic carbocycles. The van der Waals surface area contributed by atoms with Gasteiger partial charge in [-0.25, -0.2) is 14.6 Å². The molecular weight excluding hydrogens is 676 g/mol. The van der Waals surface area contributed by atoms with Crippen molar-refractivity contribution in [3.8, 4) is 5.75 Å². The van der Waals surface area contributed by atoms with Crippen molar-refractivity contribution in [3.05, 3.63) is 107 Å². The first kappa shape index (κ1) is 36.7. The number of aryl methyl sites for hydroxylation is 1. The van der Waals surface area contributed by atoms with Gasteiger partial charge in [0.15, 0.2) is 0 Å². The summed E-state index contributed by atoms with van der Waals surface area (Å²) < 4.78 is 9.30. The summed E-state index contributed by atoms with van der Waals surface area (Å²) in [5.74, 6) is -0.778. The number of carbonyl (C=O) groups is 4. The molecule has 0 saturated carbocycles. The third-order valence-corrected chi connectivity index (χ3v) is 9.01. The van der Waals surface area contributed by atoms with E-state index in [0.29, 0.717) is 48.2 Å². The van der Waals surface area contributed by atoms with Crippen LogP contribution in [0.25, 0.3) is 5.78 Å². The van der Waals surface area contributed by atoms with Crippen LogP contribution in [0, 0.1) is 12.8 Å². The van der Waals surface area contributed by atoms with Gasteiger partial charge in [-0.2, -0.15) is 0 Å². The Labute approximate surface area is 307 Å². The van der Waals surface area contributed by atoms with Crippen molar-refractivity contribution in [2.75, 3.05) is 26.2 Å². The average molecular weight is 721 g/mol. The Morgan fingerprint density at radius 1 is 0.981 bits per heavy atom. The van der Waals surface area contributed by atoms with E-state index in [4.69, 9.17) is 4.74 Å². The molecule has 1 aliphatic heterocycles. The smallest absolute Gasteiger partial charge is 0.272 e. The summed E-state index contributed by atoms with van der Waals surface area (Å²) in [6, 6.07) is 16.5. The zero-order chi connectivity index (χ0) is 37.3. The molecule has 4 heterocycles. The highest BCUT2D eigenvalue weighted by Gasteiger charge is 2.30. The number of amides is 4.